The number of carbonyl (C=O) groups is 1. The molecule has 0 fully saturated rings. The summed E-state index contributed by atoms with van der Waals surface area (Å²) in [5.41, 5.74) is 4.44. The van der Waals surface area contributed by atoms with Gasteiger partial charge in [-0.25, -0.2) is 0 Å². The fourth-order valence-corrected chi connectivity index (χ4v) is 3.86. The third kappa shape index (κ3) is 3.26. The summed E-state index contributed by atoms with van der Waals surface area (Å²) >= 11 is 1.56. The minimum Gasteiger partial charge on any atom is -0.497 e. The van der Waals surface area contributed by atoms with Crippen LogP contribution in [0.4, 0.5) is 0 Å². The number of hydrogen-bond acceptors (Lipinski definition) is 3. The van der Waals surface area contributed by atoms with E-state index in [4.69, 9.17) is 4.74 Å². The van der Waals surface area contributed by atoms with E-state index in [1.807, 2.05) is 35.9 Å². The molecule has 2 aromatic carbocycles. The van der Waals surface area contributed by atoms with E-state index in [1.165, 1.54) is 15.8 Å². The number of fused-ring (bicyclic) bond motifs is 1. The average Bonchev–Trinajstić information content (AvgIpc) is 2.84. The molecule has 4 nitrogen and oxygen atoms in total. The maximum atomic E-state index is 12.3. The molecule has 0 aliphatic rings. The lowest BCUT2D eigenvalue weighted by Crippen LogP contribution is -2.14. The number of hydrogen-bond donors (Lipinski definition) is 0. The molecular formula is C19H20N2O2S. The molecule has 0 N–H and O–H groups in total. The minimum absolute atomic E-state index is 0.153. The first kappa shape index (κ1) is 16.5. The number of nitrogens with zero attached hydrogens (tertiary/aromatic N) is 2. The van der Waals surface area contributed by atoms with Crippen molar-refractivity contribution in [3.8, 4) is 5.75 Å². The van der Waals surface area contributed by atoms with Crippen molar-refractivity contribution in [3.63, 3.8) is 0 Å². The lowest BCUT2D eigenvalue weighted by Gasteiger charge is -2.02. The molecule has 3 rings (SSSR count). The van der Waals surface area contributed by atoms with Gasteiger partial charge in [-0.3, -0.25) is 4.79 Å². The highest BCUT2D eigenvalue weighted by Gasteiger charge is 2.09. The molecule has 124 valence electrons. The maximum Gasteiger partial charge on any atom is 0.252 e. The van der Waals surface area contributed by atoms with Crippen LogP contribution in [-0.4, -0.2) is 17.6 Å². The number of aromatic nitrogens is 1. The van der Waals surface area contributed by atoms with Crippen molar-refractivity contribution in [3.05, 3.63) is 57.9 Å². The van der Waals surface area contributed by atoms with Gasteiger partial charge in [-0.1, -0.05) is 29.5 Å². The number of aryl methyl sites for hydroxylation is 3. The Kier molecular flexibility index (Phi) is 4.53. The molecule has 0 saturated carbocycles. The molecule has 0 aliphatic carbocycles. The Morgan fingerprint density at radius 3 is 2.79 bits per heavy atom. The van der Waals surface area contributed by atoms with Gasteiger partial charge in [0, 0.05) is 7.05 Å². The molecule has 0 aliphatic heterocycles. The van der Waals surface area contributed by atoms with E-state index in [9.17, 15) is 4.79 Å². The van der Waals surface area contributed by atoms with E-state index in [1.54, 1.807) is 18.4 Å². The zero-order chi connectivity index (χ0) is 17.3. The van der Waals surface area contributed by atoms with Crippen LogP contribution in [0.3, 0.4) is 0 Å². The Balaban J connectivity index is 1.96. The quantitative estimate of drug-likeness (QED) is 0.732. The zero-order valence-corrected chi connectivity index (χ0v) is 15.1. The van der Waals surface area contributed by atoms with Gasteiger partial charge in [0.25, 0.3) is 5.91 Å². The molecule has 5 heteroatoms. The lowest BCUT2D eigenvalue weighted by molar-refractivity contribution is -0.117. The second-order valence-electron chi connectivity index (χ2n) is 5.91. The van der Waals surface area contributed by atoms with E-state index in [0.29, 0.717) is 0 Å². The summed E-state index contributed by atoms with van der Waals surface area (Å²) in [6.07, 6.45) is 0.267. The van der Waals surface area contributed by atoms with E-state index in [0.717, 1.165) is 21.6 Å². The molecule has 0 atom stereocenters. The van der Waals surface area contributed by atoms with Crippen molar-refractivity contribution in [2.24, 2.45) is 12.0 Å². The number of methoxy groups -OCH3 is 1. The summed E-state index contributed by atoms with van der Waals surface area (Å²) in [5, 5.41) is 0. The van der Waals surface area contributed by atoms with Crippen molar-refractivity contribution in [2.75, 3.05) is 7.11 Å². The molecule has 0 bridgehead atoms. The molecule has 0 radical (unpaired) electrons. The van der Waals surface area contributed by atoms with Crippen LogP contribution in [0.15, 0.2) is 41.4 Å². The standard InChI is InChI=1S/C19H20N2O2S/c1-12-8-13(2)18-16(9-12)21(3)19(24-18)20-17(22)11-14-6-5-7-15(10-14)23-4/h5-10H,11H2,1-4H3. The normalized spacial score (nSPS) is 11.9. The van der Waals surface area contributed by atoms with E-state index >= 15 is 0 Å². The van der Waals surface area contributed by atoms with Crippen LogP contribution in [0.2, 0.25) is 0 Å². The number of rotatable bonds is 3. The summed E-state index contributed by atoms with van der Waals surface area (Å²) in [5.74, 6) is 0.596. The lowest BCUT2D eigenvalue weighted by atomic mass is 10.1. The van der Waals surface area contributed by atoms with Crippen molar-refractivity contribution in [1.82, 2.24) is 4.57 Å². The van der Waals surface area contributed by atoms with E-state index < -0.39 is 0 Å². The average molecular weight is 340 g/mol. The van der Waals surface area contributed by atoms with Gasteiger partial charge < -0.3 is 9.30 Å². The van der Waals surface area contributed by atoms with Gasteiger partial charge in [-0.15, -0.1) is 0 Å². The molecule has 1 amide bonds. The second-order valence-corrected chi connectivity index (χ2v) is 6.89. The van der Waals surface area contributed by atoms with Crippen LogP contribution >= 0.6 is 11.3 Å². The summed E-state index contributed by atoms with van der Waals surface area (Å²) in [7, 11) is 3.57. The van der Waals surface area contributed by atoms with Crippen molar-refractivity contribution in [2.45, 2.75) is 20.3 Å². The molecule has 1 heterocycles. The SMILES string of the molecule is COc1cccc(CC(=O)N=c2sc3c(C)cc(C)cc3n2C)c1. The van der Waals surface area contributed by atoms with Gasteiger partial charge in [0.05, 0.1) is 23.7 Å². The number of benzene rings is 2. The fourth-order valence-electron chi connectivity index (χ4n) is 2.78. The predicted molar refractivity (Wildman–Crippen MR) is 97.5 cm³/mol. The summed E-state index contributed by atoms with van der Waals surface area (Å²) in [6, 6.07) is 11.8. The van der Waals surface area contributed by atoms with Crippen LogP contribution < -0.4 is 9.54 Å². The molecule has 0 saturated heterocycles. The predicted octanol–water partition coefficient (Wildman–Crippen LogP) is 3.54. The van der Waals surface area contributed by atoms with E-state index in [2.05, 4.69) is 31.0 Å². The first-order chi connectivity index (χ1) is 11.5. The third-order valence-electron chi connectivity index (χ3n) is 3.95. The molecular weight excluding hydrogens is 320 g/mol. The second kappa shape index (κ2) is 6.61. The molecule has 0 unspecified atom stereocenters. The molecule has 24 heavy (non-hydrogen) atoms. The Morgan fingerprint density at radius 1 is 1.25 bits per heavy atom. The van der Waals surface area contributed by atoms with Gasteiger partial charge in [0.1, 0.15) is 5.75 Å². The number of carbonyl (C=O) groups excluding carboxylic acids is 1. The van der Waals surface area contributed by atoms with Gasteiger partial charge in [0.15, 0.2) is 4.80 Å². The summed E-state index contributed by atoms with van der Waals surface area (Å²) in [4.78, 5) is 17.4. The molecule has 0 spiro atoms. The Labute approximate surface area is 145 Å². The minimum atomic E-state index is -0.153. The Hall–Kier alpha value is -2.40. The Morgan fingerprint density at radius 2 is 2.04 bits per heavy atom. The van der Waals surface area contributed by atoms with Crippen LogP contribution in [0.25, 0.3) is 10.2 Å². The highest BCUT2D eigenvalue weighted by molar-refractivity contribution is 7.16. The number of amides is 1. The van der Waals surface area contributed by atoms with Crippen molar-refractivity contribution in [1.29, 1.82) is 0 Å². The van der Waals surface area contributed by atoms with Gasteiger partial charge in [-0.05, 0) is 48.7 Å². The fraction of sp³-hybridized carbons (Fsp3) is 0.263. The summed E-state index contributed by atoms with van der Waals surface area (Å²) in [6.45, 7) is 4.17. The number of thiazole rings is 1. The largest absolute Gasteiger partial charge is 0.497 e. The van der Waals surface area contributed by atoms with Crippen molar-refractivity contribution < 1.29 is 9.53 Å². The van der Waals surface area contributed by atoms with Crippen LogP contribution in [0, 0.1) is 13.8 Å². The number of ether oxygens (including phenoxy) is 1. The monoisotopic (exact) mass is 340 g/mol. The molecule has 1 aromatic heterocycles. The maximum absolute atomic E-state index is 12.3. The zero-order valence-electron chi connectivity index (χ0n) is 14.3. The highest BCUT2D eigenvalue weighted by Crippen LogP contribution is 2.22. The van der Waals surface area contributed by atoms with Gasteiger partial charge in [-0.2, -0.15) is 4.99 Å². The van der Waals surface area contributed by atoms with Crippen LogP contribution in [0.1, 0.15) is 16.7 Å². The van der Waals surface area contributed by atoms with Crippen LogP contribution in [0.5, 0.6) is 5.75 Å². The molecule has 3 aromatic rings. The van der Waals surface area contributed by atoms with Gasteiger partial charge >= 0.3 is 0 Å². The van der Waals surface area contributed by atoms with Gasteiger partial charge in [0.2, 0.25) is 0 Å². The van der Waals surface area contributed by atoms with E-state index in [-0.39, 0.29) is 12.3 Å². The first-order valence-electron chi connectivity index (χ1n) is 7.75. The topological polar surface area (TPSA) is 43.6 Å². The smallest absolute Gasteiger partial charge is 0.252 e. The highest BCUT2D eigenvalue weighted by atomic mass is 32.1. The summed E-state index contributed by atoms with van der Waals surface area (Å²) < 4.78 is 8.36. The third-order valence-corrected chi connectivity index (χ3v) is 5.23. The van der Waals surface area contributed by atoms with Crippen molar-refractivity contribution >= 4 is 27.5 Å². The first-order valence-corrected chi connectivity index (χ1v) is 8.57. The Bertz CT molecular complexity index is 983. The van der Waals surface area contributed by atoms with Crippen LogP contribution in [-0.2, 0) is 18.3 Å².